The van der Waals surface area contributed by atoms with Gasteiger partial charge in [0.25, 0.3) is 0 Å². The van der Waals surface area contributed by atoms with Crippen LogP contribution in [0.25, 0.3) is 0 Å². The predicted molar refractivity (Wildman–Crippen MR) is 71.9 cm³/mol. The lowest BCUT2D eigenvalue weighted by Gasteiger charge is -2.30. The summed E-state index contributed by atoms with van der Waals surface area (Å²) in [5, 5.41) is 0. The minimum absolute atomic E-state index is 0.198. The second-order valence-electron chi connectivity index (χ2n) is 4.28. The smallest absolute Gasteiger partial charge is 0.126 e. The highest BCUT2D eigenvalue weighted by Gasteiger charge is 2.18. The predicted octanol–water partition coefficient (Wildman–Crippen LogP) is 2.32. The minimum atomic E-state index is -0.575. The number of likely N-dealkylation sites (N-methyl/N-ethyl adjacent to an activating group) is 1. The Bertz CT molecular complexity index is 367. The summed E-state index contributed by atoms with van der Waals surface area (Å²) in [4.78, 5) is 2.06. The van der Waals surface area contributed by atoms with E-state index in [4.69, 9.17) is 10.5 Å². The van der Waals surface area contributed by atoms with Crippen LogP contribution in [0.4, 0.5) is 8.78 Å². The Morgan fingerprint density at radius 2 is 1.84 bits per heavy atom. The van der Waals surface area contributed by atoms with E-state index in [9.17, 15) is 8.78 Å². The first-order chi connectivity index (χ1) is 9.12. The van der Waals surface area contributed by atoms with Crippen LogP contribution in [0.1, 0.15) is 25.5 Å². The van der Waals surface area contributed by atoms with Crippen LogP contribution in [-0.2, 0) is 4.74 Å². The van der Waals surface area contributed by atoms with E-state index >= 15 is 0 Å². The number of halogens is 2. The summed E-state index contributed by atoms with van der Waals surface area (Å²) in [5.74, 6) is -1.15. The van der Waals surface area contributed by atoms with Gasteiger partial charge in [-0.25, -0.2) is 8.78 Å². The molecular formula is C14H22F2N2O. The van der Waals surface area contributed by atoms with E-state index in [1.54, 1.807) is 0 Å². The summed E-state index contributed by atoms with van der Waals surface area (Å²) in [5.41, 5.74) is 6.33. The third-order valence-corrected chi connectivity index (χ3v) is 3.07. The Morgan fingerprint density at radius 3 is 2.32 bits per heavy atom. The number of nitrogens with two attached hydrogens (primary N) is 1. The lowest BCUT2D eigenvalue weighted by atomic mass is 10.0. The fourth-order valence-electron chi connectivity index (χ4n) is 2.12. The van der Waals surface area contributed by atoms with E-state index in [0.717, 1.165) is 12.6 Å². The molecule has 1 atom stereocenters. The zero-order valence-electron chi connectivity index (χ0n) is 11.5. The van der Waals surface area contributed by atoms with Gasteiger partial charge >= 0.3 is 0 Å². The van der Waals surface area contributed by atoms with Gasteiger partial charge in [0.15, 0.2) is 0 Å². The molecule has 2 N–H and O–H groups in total. The summed E-state index contributed by atoms with van der Waals surface area (Å²) in [6.07, 6.45) is 0. The third-order valence-electron chi connectivity index (χ3n) is 3.07. The van der Waals surface area contributed by atoms with Crippen LogP contribution in [0.2, 0.25) is 0 Å². The maximum absolute atomic E-state index is 13.3. The van der Waals surface area contributed by atoms with E-state index in [0.29, 0.717) is 31.9 Å². The highest BCUT2D eigenvalue weighted by molar-refractivity contribution is 5.22. The molecule has 0 amide bonds. The van der Waals surface area contributed by atoms with Gasteiger partial charge in [0.2, 0.25) is 0 Å². The molecule has 3 nitrogen and oxygen atoms in total. The molecule has 0 bridgehead atoms. The number of hydrogen-bond acceptors (Lipinski definition) is 3. The van der Waals surface area contributed by atoms with Crippen LogP contribution < -0.4 is 5.73 Å². The van der Waals surface area contributed by atoms with Crippen molar-refractivity contribution in [2.45, 2.75) is 19.9 Å². The summed E-state index contributed by atoms with van der Waals surface area (Å²) in [7, 11) is 0. The summed E-state index contributed by atoms with van der Waals surface area (Å²) < 4.78 is 31.9. The first-order valence-corrected chi connectivity index (χ1v) is 6.60. The van der Waals surface area contributed by atoms with Crippen molar-refractivity contribution < 1.29 is 13.5 Å². The van der Waals surface area contributed by atoms with Gasteiger partial charge in [-0.15, -0.1) is 0 Å². The molecule has 0 aliphatic rings. The van der Waals surface area contributed by atoms with Gasteiger partial charge in [0.05, 0.1) is 6.61 Å². The molecule has 1 aromatic carbocycles. The molecule has 0 aliphatic carbocycles. The van der Waals surface area contributed by atoms with Crippen LogP contribution >= 0.6 is 0 Å². The monoisotopic (exact) mass is 272 g/mol. The second-order valence-corrected chi connectivity index (χ2v) is 4.28. The van der Waals surface area contributed by atoms with Crippen LogP contribution in [0.15, 0.2) is 18.2 Å². The van der Waals surface area contributed by atoms with Gasteiger partial charge in [0.1, 0.15) is 11.6 Å². The fraction of sp³-hybridized carbons (Fsp3) is 0.571. The van der Waals surface area contributed by atoms with E-state index in [-0.39, 0.29) is 6.04 Å². The molecule has 0 heterocycles. The SMILES string of the molecule is CCOCCN(CC)C(CN)c1cc(F)cc(F)c1. The summed E-state index contributed by atoms with van der Waals surface area (Å²) in [6, 6.07) is 3.34. The molecule has 1 unspecified atom stereocenters. The van der Waals surface area contributed by atoms with Gasteiger partial charge in [-0.1, -0.05) is 6.92 Å². The largest absolute Gasteiger partial charge is 0.380 e. The molecule has 1 aromatic rings. The van der Waals surface area contributed by atoms with Crippen molar-refractivity contribution in [1.29, 1.82) is 0 Å². The molecule has 108 valence electrons. The van der Waals surface area contributed by atoms with Gasteiger partial charge in [-0.3, -0.25) is 4.90 Å². The molecular weight excluding hydrogens is 250 g/mol. The Morgan fingerprint density at radius 1 is 1.21 bits per heavy atom. The summed E-state index contributed by atoms with van der Waals surface area (Å²) in [6.45, 7) is 6.89. The van der Waals surface area contributed by atoms with Crippen LogP contribution in [0.5, 0.6) is 0 Å². The first-order valence-electron chi connectivity index (χ1n) is 6.60. The third kappa shape index (κ3) is 4.86. The summed E-state index contributed by atoms with van der Waals surface area (Å²) >= 11 is 0. The zero-order chi connectivity index (χ0) is 14.3. The van der Waals surface area contributed by atoms with Gasteiger partial charge in [-0.2, -0.15) is 0 Å². The molecule has 5 heteroatoms. The first kappa shape index (κ1) is 16.0. The molecule has 0 saturated carbocycles. The number of rotatable bonds is 8. The Kier molecular flexibility index (Phi) is 6.91. The maximum Gasteiger partial charge on any atom is 0.126 e. The Balaban J connectivity index is 2.83. The van der Waals surface area contributed by atoms with Crippen molar-refractivity contribution in [3.05, 3.63) is 35.4 Å². The molecule has 19 heavy (non-hydrogen) atoms. The molecule has 0 saturated heterocycles. The quantitative estimate of drug-likeness (QED) is 0.738. The van der Waals surface area contributed by atoms with Crippen molar-refractivity contribution in [2.75, 3.05) is 32.8 Å². The van der Waals surface area contributed by atoms with E-state index in [1.165, 1.54) is 12.1 Å². The molecule has 1 rings (SSSR count). The van der Waals surface area contributed by atoms with Crippen molar-refractivity contribution >= 4 is 0 Å². The molecule has 0 spiro atoms. The normalized spacial score (nSPS) is 12.9. The minimum Gasteiger partial charge on any atom is -0.380 e. The number of benzene rings is 1. The highest BCUT2D eigenvalue weighted by Crippen LogP contribution is 2.21. The van der Waals surface area contributed by atoms with E-state index < -0.39 is 11.6 Å². The van der Waals surface area contributed by atoms with Crippen molar-refractivity contribution in [1.82, 2.24) is 4.90 Å². The number of nitrogens with zero attached hydrogens (tertiary/aromatic N) is 1. The van der Waals surface area contributed by atoms with Gasteiger partial charge < -0.3 is 10.5 Å². The van der Waals surface area contributed by atoms with Crippen molar-refractivity contribution in [2.24, 2.45) is 5.73 Å². The van der Waals surface area contributed by atoms with Crippen molar-refractivity contribution in [3.8, 4) is 0 Å². The Labute approximate surface area is 113 Å². The zero-order valence-corrected chi connectivity index (χ0v) is 11.5. The van der Waals surface area contributed by atoms with Crippen molar-refractivity contribution in [3.63, 3.8) is 0 Å². The van der Waals surface area contributed by atoms with Gasteiger partial charge in [0, 0.05) is 31.8 Å². The van der Waals surface area contributed by atoms with Crippen LogP contribution in [0.3, 0.4) is 0 Å². The number of ether oxygens (including phenoxy) is 1. The topological polar surface area (TPSA) is 38.5 Å². The average molecular weight is 272 g/mol. The molecule has 0 aromatic heterocycles. The fourth-order valence-corrected chi connectivity index (χ4v) is 2.12. The van der Waals surface area contributed by atoms with Gasteiger partial charge in [-0.05, 0) is 31.2 Å². The lowest BCUT2D eigenvalue weighted by Crippen LogP contribution is -2.36. The number of hydrogen-bond donors (Lipinski definition) is 1. The molecule has 0 aliphatic heterocycles. The molecule has 0 fully saturated rings. The second kappa shape index (κ2) is 8.19. The standard InChI is InChI=1S/C14H22F2N2O/c1-3-18(5-6-19-4-2)14(10-17)11-7-12(15)9-13(16)8-11/h7-9,14H,3-6,10,17H2,1-2H3. The molecule has 0 radical (unpaired) electrons. The lowest BCUT2D eigenvalue weighted by molar-refractivity contribution is 0.0979. The average Bonchev–Trinajstić information content (AvgIpc) is 2.36. The highest BCUT2D eigenvalue weighted by atomic mass is 19.1. The van der Waals surface area contributed by atoms with Crippen LogP contribution in [0, 0.1) is 11.6 Å². The van der Waals surface area contributed by atoms with E-state index in [1.807, 2.05) is 13.8 Å². The van der Waals surface area contributed by atoms with E-state index in [2.05, 4.69) is 4.90 Å². The Hall–Kier alpha value is -1.04. The maximum atomic E-state index is 13.3. The van der Waals surface area contributed by atoms with Crippen LogP contribution in [-0.4, -0.2) is 37.7 Å².